The summed E-state index contributed by atoms with van der Waals surface area (Å²) in [5, 5.41) is 3.71. The third-order valence-electron chi connectivity index (χ3n) is 3.01. The Labute approximate surface area is 131 Å². The van der Waals surface area contributed by atoms with Gasteiger partial charge in [0, 0.05) is 4.47 Å². The Bertz CT molecular complexity index is 573. The molecule has 0 saturated heterocycles. The lowest BCUT2D eigenvalue weighted by Gasteiger charge is -2.17. The van der Waals surface area contributed by atoms with E-state index in [0.29, 0.717) is 17.2 Å². The summed E-state index contributed by atoms with van der Waals surface area (Å²) in [4.78, 5) is 0. The molecule has 0 saturated carbocycles. The van der Waals surface area contributed by atoms with Crippen molar-refractivity contribution in [3.63, 3.8) is 0 Å². The molecule has 0 aliphatic heterocycles. The van der Waals surface area contributed by atoms with Gasteiger partial charge in [0.25, 0.3) is 0 Å². The first-order valence-corrected chi connectivity index (χ1v) is 7.69. The van der Waals surface area contributed by atoms with Crippen molar-refractivity contribution in [1.82, 2.24) is 5.32 Å². The minimum atomic E-state index is -0.214. The molecule has 1 atom stereocenters. The van der Waals surface area contributed by atoms with Crippen molar-refractivity contribution in [3.8, 4) is 0 Å². The van der Waals surface area contributed by atoms with E-state index in [1.54, 1.807) is 18.2 Å². The molecule has 0 aliphatic carbocycles. The van der Waals surface area contributed by atoms with Gasteiger partial charge in [0.1, 0.15) is 11.6 Å². The van der Waals surface area contributed by atoms with Gasteiger partial charge in [-0.1, -0.05) is 22.9 Å². The molecule has 20 heavy (non-hydrogen) atoms. The van der Waals surface area contributed by atoms with Gasteiger partial charge in [-0.15, -0.1) is 0 Å². The number of hydrogen-bond acceptors (Lipinski definition) is 2. The van der Waals surface area contributed by atoms with E-state index in [0.717, 1.165) is 23.2 Å². The zero-order chi connectivity index (χ0) is 14.5. The quantitative estimate of drug-likeness (QED) is 0.773. The third-order valence-corrected chi connectivity index (χ3v) is 3.71. The first-order chi connectivity index (χ1) is 9.60. The average molecular weight is 361 g/mol. The summed E-state index contributed by atoms with van der Waals surface area (Å²) < 4.78 is 20.2. The van der Waals surface area contributed by atoms with Gasteiger partial charge >= 0.3 is 0 Å². The number of hydrogen-bond donors (Lipinski definition) is 1. The van der Waals surface area contributed by atoms with Crippen LogP contribution in [-0.4, -0.2) is 6.54 Å². The maximum absolute atomic E-state index is 13.9. The molecule has 0 amide bonds. The summed E-state index contributed by atoms with van der Waals surface area (Å²) >= 11 is 9.19. The van der Waals surface area contributed by atoms with Crippen molar-refractivity contribution >= 4 is 27.5 Å². The van der Waals surface area contributed by atoms with Crippen LogP contribution < -0.4 is 5.32 Å². The van der Waals surface area contributed by atoms with E-state index < -0.39 is 0 Å². The van der Waals surface area contributed by atoms with Gasteiger partial charge in [0.2, 0.25) is 0 Å². The lowest BCUT2D eigenvalue weighted by molar-refractivity contribution is 0.407. The summed E-state index contributed by atoms with van der Waals surface area (Å²) in [6.45, 7) is 2.91. The molecule has 2 aromatic rings. The Kier molecular flexibility index (Phi) is 5.64. The Balaban J connectivity index is 2.21. The SMILES string of the molecule is CCCNC(Cc1cc(Br)ccc1F)c1ccc(Cl)o1. The fourth-order valence-electron chi connectivity index (χ4n) is 2.03. The minimum absolute atomic E-state index is 0.0914. The predicted molar refractivity (Wildman–Crippen MR) is 82.6 cm³/mol. The van der Waals surface area contributed by atoms with E-state index in [2.05, 4.69) is 28.2 Å². The second kappa shape index (κ2) is 7.25. The Morgan fingerprint density at radius 2 is 2.15 bits per heavy atom. The Morgan fingerprint density at radius 1 is 1.35 bits per heavy atom. The summed E-state index contributed by atoms with van der Waals surface area (Å²) in [5.41, 5.74) is 0.639. The molecule has 2 rings (SSSR count). The van der Waals surface area contributed by atoms with Gasteiger partial charge < -0.3 is 9.73 Å². The topological polar surface area (TPSA) is 25.2 Å². The first-order valence-electron chi connectivity index (χ1n) is 6.52. The number of halogens is 3. The molecule has 1 N–H and O–H groups in total. The first kappa shape index (κ1) is 15.5. The van der Waals surface area contributed by atoms with Crippen molar-refractivity contribution < 1.29 is 8.81 Å². The van der Waals surface area contributed by atoms with Crippen molar-refractivity contribution in [2.75, 3.05) is 6.54 Å². The molecule has 1 aromatic heterocycles. The van der Waals surface area contributed by atoms with Crippen LogP contribution in [0.1, 0.15) is 30.7 Å². The Morgan fingerprint density at radius 3 is 2.80 bits per heavy atom. The lowest BCUT2D eigenvalue weighted by Crippen LogP contribution is -2.24. The normalized spacial score (nSPS) is 12.6. The largest absolute Gasteiger partial charge is 0.448 e. The van der Waals surface area contributed by atoms with Crippen LogP contribution in [0.25, 0.3) is 0 Å². The highest BCUT2D eigenvalue weighted by Crippen LogP contribution is 2.25. The van der Waals surface area contributed by atoms with Gasteiger partial charge in [-0.2, -0.15) is 0 Å². The second-order valence-corrected chi connectivity index (χ2v) is 5.88. The molecule has 5 heteroatoms. The molecular formula is C15H16BrClFNO. The third kappa shape index (κ3) is 4.08. The molecule has 1 unspecified atom stereocenters. The van der Waals surface area contributed by atoms with E-state index >= 15 is 0 Å². The van der Waals surface area contributed by atoms with Crippen LogP contribution in [-0.2, 0) is 6.42 Å². The smallest absolute Gasteiger partial charge is 0.193 e. The van der Waals surface area contributed by atoms with E-state index in [1.165, 1.54) is 6.07 Å². The number of benzene rings is 1. The van der Waals surface area contributed by atoms with Crippen LogP contribution in [0.2, 0.25) is 5.22 Å². The van der Waals surface area contributed by atoms with E-state index in [4.69, 9.17) is 16.0 Å². The summed E-state index contributed by atoms with van der Waals surface area (Å²) in [5.74, 6) is 0.511. The van der Waals surface area contributed by atoms with Crippen molar-refractivity contribution in [1.29, 1.82) is 0 Å². The summed E-state index contributed by atoms with van der Waals surface area (Å²) in [6, 6.07) is 8.38. The molecule has 0 radical (unpaired) electrons. The molecule has 2 nitrogen and oxygen atoms in total. The van der Waals surface area contributed by atoms with Crippen LogP contribution in [0.3, 0.4) is 0 Å². The predicted octanol–water partition coefficient (Wildman–Crippen LogP) is 5.12. The van der Waals surface area contributed by atoms with E-state index in [-0.39, 0.29) is 11.9 Å². The summed E-state index contributed by atoms with van der Waals surface area (Å²) in [6.07, 6.45) is 1.50. The van der Waals surface area contributed by atoms with Crippen LogP contribution in [0.15, 0.2) is 39.2 Å². The molecule has 0 aliphatic rings. The highest BCUT2D eigenvalue weighted by atomic mass is 79.9. The molecule has 108 valence electrons. The van der Waals surface area contributed by atoms with E-state index in [1.807, 2.05) is 6.07 Å². The zero-order valence-corrected chi connectivity index (χ0v) is 13.5. The second-order valence-electron chi connectivity index (χ2n) is 4.59. The fraction of sp³-hybridized carbons (Fsp3) is 0.333. The maximum atomic E-state index is 13.9. The highest BCUT2D eigenvalue weighted by molar-refractivity contribution is 9.10. The van der Waals surface area contributed by atoms with Gasteiger partial charge in [0.15, 0.2) is 5.22 Å². The number of furan rings is 1. The molecular weight excluding hydrogens is 345 g/mol. The van der Waals surface area contributed by atoms with Gasteiger partial charge in [-0.3, -0.25) is 0 Å². The maximum Gasteiger partial charge on any atom is 0.193 e. The van der Waals surface area contributed by atoms with Gasteiger partial charge in [0.05, 0.1) is 6.04 Å². The van der Waals surface area contributed by atoms with Gasteiger partial charge in [-0.05, 0) is 66.9 Å². The van der Waals surface area contributed by atoms with Gasteiger partial charge in [-0.25, -0.2) is 4.39 Å². The van der Waals surface area contributed by atoms with Crippen molar-refractivity contribution in [2.45, 2.75) is 25.8 Å². The lowest BCUT2D eigenvalue weighted by atomic mass is 10.0. The van der Waals surface area contributed by atoms with Crippen LogP contribution in [0.5, 0.6) is 0 Å². The van der Waals surface area contributed by atoms with Crippen molar-refractivity contribution in [3.05, 3.63) is 57.2 Å². The standard InChI is InChI=1S/C15H16BrClFNO/c1-2-7-19-13(14-5-6-15(17)20-14)9-10-8-11(16)3-4-12(10)18/h3-6,8,13,19H,2,7,9H2,1H3. The highest BCUT2D eigenvalue weighted by Gasteiger charge is 2.17. The van der Waals surface area contributed by atoms with E-state index in [9.17, 15) is 4.39 Å². The minimum Gasteiger partial charge on any atom is -0.448 e. The molecule has 0 fully saturated rings. The molecule has 0 spiro atoms. The molecule has 0 bridgehead atoms. The molecule has 1 heterocycles. The fourth-order valence-corrected chi connectivity index (χ4v) is 2.59. The summed E-state index contributed by atoms with van der Waals surface area (Å²) in [7, 11) is 0. The molecule has 1 aromatic carbocycles. The monoisotopic (exact) mass is 359 g/mol. The van der Waals surface area contributed by atoms with Crippen molar-refractivity contribution in [2.24, 2.45) is 0 Å². The van der Waals surface area contributed by atoms with Crippen LogP contribution in [0, 0.1) is 5.82 Å². The average Bonchev–Trinajstić information content (AvgIpc) is 2.85. The number of rotatable bonds is 6. The van der Waals surface area contributed by atoms with Crippen LogP contribution >= 0.6 is 27.5 Å². The zero-order valence-electron chi connectivity index (χ0n) is 11.1. The number of nitrogens with one attached hydrogen (secondary N) is 1. The van der Waals surface area contributed by atoms with Crippen LogP contribution in [0.4, 0.5) is 4.39 Å². The Hall–Kier alpha value is -0.840.